The van der Waals surface area contributed by atoms with Crippen molar-refractivity contribution in [3.63, 3.8) is 0 Å². The maximum absolute atomic E-state index is 12.5. The number of halogens is 1. The number of hydrogen-bond acceptors (Lipinski definition) is 7. The van der Waals surface area contributed by atoms with Gasteiger partial charge in [0.15, 0.2) is 12.4 Å². The Morgan fingerprint density at radius 3 is 2.94 bits per heavy atom. The zero-order valence-corrected chi connectivity index (χ0v) is 17.9. The molecular formula is C22H16BrN3O5. The van der Waals surface area contributed by atoms with Crippen LogP contribution in [-0.2, 0) is 4.79 Å². The molecule has 0 saturated heterocycles. The second-order valence-electron chi connectivity index (χ2n) is 6.62. The van der Waals surface area contributed by atoms with Crippen molar-refractivity contribution in [1.82, 2.24) is 10.6 Å². The van der Waals surface area contributed by atoms with Gasteiger partial charge in [-0.25, -0.2) is 5.43 Å². The Labute approximate surface area is 184 Å². The van der Waals surface area contributed by atoms with E-state index in [9.17, 15) is 9.59 Å². The van der Waals surface area contributed by atoms with Crippen LogP contribution in [0.1, 0.15) is 11.1 Å². The van der Waals surface area contributed by atoms with E-state index in [1.807, 2.05) is 19.1 Å². The summed E-state index contributed by atoms with van der Waals surface area (Å²) in [6, 6.07) is 12.3. The smallest absolute Gasteiger partial charge is 0.277 e. The number of nitrogens with one attached hydrogen (secondary N) is 1. The number of aromatic nitrogens is 1. The van der Waals surface area contributed by atoms with Crippen LogP contribution < -0.4 is 15.6 Å². The number of fused-ring (bicyclic) bond motifs is 1. The molecule has 0 atom stereocenters. The fraction of sp³-hybridized carbons (Fsp3) is 0.0909. The van der Waals surface area contributed by atoms with Gasteiger partial charge in [-0.1, -0.05) is 32.7 Å². The van der Waals surface area contributed by atoms with Gasteiger partial charge in [-0.2, -0.15) is 5.10 Å². The maximum Gasteiger partial charge on any atom is 0.277 e. The highest BCUT2D eigenvalue weighted by Crippen LogP contribution is 2.30. The van der Waals surface area contributed by atoms with Crippen LogP contribution in [0.15, 0.2) is 78.2 Å². The lowest BCUT2D eigenvalue weighted by Gasteiger charge is -2.09. The van der Waals surface area contributed by atoms with Crippen molar-refractivity contribution < 1.29 is 18.5 Å². The Balaban J connectivity index is 1.42. The standard InChI is InChI=1S/C22H16BrN3O5/c1-13-2-4-18(16(8-13)20-6-7-25-31-20)30-12-21(27)26-24-10-14-11-29-19-5-3-15(23)9-17(19)22(14)28/h2-11H,12H2,1H3,(H,26,27). The van der Waals surface area contributed by atoms with Gasteiger partial charge in [0.05, 0.1) is 28.9 Å². The molecule has 0 aliphatic rings. The van der Waals surface area contributed by atoms with Gasteiger partial charge in [0.25, 0.3) is 5.91 Å². The van der Waals surface area contributed by atoms with Gasteiger partial charge in [-0.15, -0.1) is 0 Å². The molecule has 2 aromatic heterocycles. The molecular weight excluding hydrogens is 466 g/mol. The lowest BCUT2D eigenvalue weighted by Crippen LogP contribution is -2.25. The van der Waals surface area contributed by atoms with Crippen LogP contribution in [0.3, 0.4) is 0 Å². The highest BCUT2D eigenvalue weighted by atomic mass is 79.9. The molecule has 0 radical (unpaired) electrons. The Bertz CT molecular complexity index is 1330. The van der Waals surface area contributed by atoms with Crippen LogP contribution in [0.5, 0.6) is 5.75 Å². The lowest BCUT2D eigenvalue weighted by atomic mass is 10.1. The number of rotatable bonds is 6. The van der Waals surface area contributed by atoms with Gasteiger partial charge in [0.2, 0.25) is 5.43 Å². The summed E-state index contributed by atoms with van der Waals surface area (Å²) in [5.74, 6) is 0.516. The van der Waals surface area contributed by atoms with Gasteiger partial charge in [0.1, 0.15) is 17.6 Å². The number of hydrogen-bond donors (Lipinski definition) is 1. The zero-order chi connectivity index (χ0) is 21.8. The topological polar surface area (TPSA) is 107 Å². The maximum atomic E-state index is 12.5. The minimum absolute atomic E-state index is 0.206. The quantitative estimate of drug-likeness (QED) is 0.328. The predicted octanol–water partition coefficient (Wildman–Crippen LogP) is 4.05. The Kier molecular flexibility index (Phi) is 5.94. The summed E-state index contributed by atoms with van der Waals surface area (Å²) in [5.41, 5.74) is 4.44. The molecule has 1 amide bonds. The number of amides is 1. The number of carbonyl (C=O) groups excluding carboxylic acids is 1. The third kappa shape index (κ3) is 4.72. The largest absolute Gasteiger partial charge is 0.483 e. The summed E-state index contributed by atoms with van der Waals surface area (Å²) >= 11 is 3.33. The first kappa shape index (κ1) is 20.5. The van der Waals surface area contributed by atoms with Gasteiger partial charge in [-0.05, 0) is 37.3 Å². The van der Waals surface area contributed by atoms with Crippen molar-refractivity contribution in [3.05, 3.63) is 80.7 Å². The van der Waals surface area contributed by atoms with Crippen LogP contribution in [0.25, 0.3) is 22.3 Å². The van der Waals surface area contributed by atoms with Crippen LogP contribution in [0, 0.1) is 6.92 Å². The minimum Gasteiger partial charge on any atom is -0.483 e. The van der Waals surface area contributed by atoms with Crippen molar-refractivity contribution in [1.29, 1.82) is 0 Å². The molecule has 0 spiro atoms. The van der Waals surface area contributed by atoms with Crippen LogP contribution in [-0.4, -0.2) is 23.9 Å². The summed E-state index contributed by atoms with van der Waals surface area (Å²) in [5, 5.41) is 7.93. The van der Waals surface area contributed by atoms with Crippen molar-refractivity contribution >= 4 is 39.0 Å². The number of carbonyl (C=O) groups is 1. The number of ether oxygens (including phenoxy) is 1. The summed E-state index contributed by atoms with van der Waals surface area (Å²) in [6.45, 7) is 1.66. The number of aryl methyl sites for hydroxylation is 1. The summed E-state index contributed by atoms with van der Waals surface area (Å²) < 4.78 is 17.0. The lowest BCUT2D eigenvalue weighted by molar-refractivity contribution is -0.123. The van der Waals surface area contributed by atoms with Crippen LogP contribution >= 0.6 is 15.9 Å². The summed E-state index contributed by atoms with van der Waals surface area (Å²) in [6.07, 6.45) is 4.06. The van der Waals surface area contributed by atoms with Crippen molar-refractivity contribution in [2.45, 2.75) is 6.92 Å². The molecule has 1 N–H and O–H groups in total. The van der Waals surface area contributed by atoms with E-state index >= 15 is 0 Å². The van der Waals surface area contributed by atoms with Crippen molar-refractivity contribution in [3.8, 4) is 17.1 Å². The molecule has 4 rings (SSSR count). The highest BCUT2D eigenvalue weighted by Gasteiger charge is 2.12. The van der Waals surface area contributed by atoms with E-state index in [1.54, 1.807) is 30.3 Å². The number of nitrogens with zero attached hydrogens (tertiary/aromatic N) is 2. The first-order chi connectivity index (χ1) is 15.0. The molecule has 9 heteroatoms. The highest BCUT2D eigenvalue weighted by molar-refractivity contribution is 9.10. The summed E-state index contributed by atoms with van der Waals surface area (Å²) in [7, 11) is 0. The number of benzene rings is 2. The monoisotopic (exact) mass is 481 g/mol. The Morgan fingerprint density at radius 1 is 1.26 bits per heavy atom. The Morgan fingerprint density at radius 2 is 2.13 bits per heavy atom. The third-order valence-electron chi connectivity index (χ3n) is 4.35. The first-order valence-corrected chi connectivity index (χ1v) is 9.98. The molecule has 31 heavy (non-hydrogen) atoms. The normalized spacial score (nSPS) is 11.2. The molecule has 0 saturated carbocycles. The van der Waals surface area contributed by atoms with Crippen LogP contribution in [0.4, 0.5) is 0 Å². The molecule has 2 aromatic carbocycles. The fourth-order valence-electron chi connectivity index (χ4n) is 2.87. The SMILES string of the molecule is Cc1ccc(OCC(=O)NN=Cc2coc3ccc(Br)cc3c2=O)c(-c2ccno2)c1. The van der Waals surface area contributed by atoms with E-state index < -0.39 is 5.91 Å². The average Bonchev–Trinajstić information content (AvgIpc) is 3.29. The second kappa shape index (κ2) is 8.97. The third-order valence-corrected chi connectivity index (χ3v) is 4.84. The van der Waals surface area contributed by atoms with E-state index in [2.05, 4.69) is 31.6 Å². The van der Waals surface area contributed by atoms with Gasteiger partial charge < -0.3 is 13.7 Å². The van der Waals surface area contributed by atoms with E-state index in [0.29, 0.717) is 28.0 Å². The number of hydrazone groups is 1. The predicted molar refractivity (Wildman–Crippen MR) is 118 cm³/mol. The van der Waals surface area contributed by atoms with E-state index in [4.69, 9.17) is 13.7 Å². The molecule has 0 bridgehead atoms. The zero-order valence-electron chi connectivity index (χ0n) is 16.3. The molecule has 4 aromatic rings. The van der Waals surface area contributed by atoms with Gasteiger partial charge >= 0.3 is 0 Å². The molecule has 0 fully saturated rings. The van der Waals surface area contributed by atoms with Crippen LogP contribution in [0.2, 0.25) is 0 Å². The minimum atomic E-state index is -0.492. The van der Waals surface area contributed by atoms with E-state index in [0.717, 1.165) is 10.0 Å². The average molecular weight is 482 g/mol. The molecule has 0 aliphatic carbocycles. The first-order valence-electron chi connectivity index (χ1n) is 9.19. The molecule has 8 nitrogen and oxygen atoms in total. The van der Waals surface area contributed by atoms with Gasteiger partial charge in [-0.3, -0.25) is 9.59 Å². The van der Waals surface area contributed by atoms with Gasteiger partial charge in [0, 0.05) is 10.5 Å². The van der Waals surface area contributed by atoms with Crippen molar-refractivity contribution in [2.75, 3.05) is 6.61 Å². The molecule has 0 unspecified atom stereocenters. The molecule has 2 heterocycles. The second-order valence-corrected chi connectivity index (χ2v) is 7.53. The summed E-state index contributed by atoms with van der Waals surface area (Å²) in [4.78, 5) is 24.6. The Hall–Kier alpha value is -3.72. The molecule has 156 valence electrons. The van der Waals surface area contributed by atoms with Crippen molar-refractivity contribution in [2.24, 2.45) is 5.10 Å². The fourth-order valence-corrected chi connectivity index (χ4v) is 3.23. The van der Waals surface area contributed by atoms with E-state index in [-0.39, 0.29) is 17.6 Å². The van der Waals surface area contributed by atoms with E-state index in [1.165, 1.54) is 18.7 Å². The molecule has 0 aliphatic heterocycles.